The summed E-state index contributed by atoms with van der Waals surface area (Å²) < 4.78 is 50.4. The number of carbonyl (C=O) groups is 3. The van der Waals surface area contributed by atoms with Crippen LogP contribution in [0, 0.1) is 6.92 Å². The summed E-state index contributed by atoms with van der Waals surface area (Å²) in [5.74, 6) is -3.63. The van der Waals surface area contributed by atoms with Crippen LogP contribution in [0.2, 0.25) is 0 Å². The Morgan fingerprint density at radius 3 is 2.45 bits per heavy atom. The van der Waals surface area contributed by atoms with Crippen LogP contribution in [0.15, 0.2) is 11.6 Å². The van der Waals surface area contributed by atoms with Gasteiger partial charge in [-0.25, -0.2) is 4.79 Å². The van der Waals surface area contributed by atoms with Gasteiger partial charge in [0.25, 0.3) is 0 Å². The standard InChI is InChI=1S/C21H24F3NO6/c1-5-25(20(29)21(22,23)24)17-13(8-6-11(2)7-9-15(26)27)18(30-4)12(3)14-10-31-19(28)16(14)17/h6H,5,7-10H2,1-4H3,(H,26,27). The minimum Gasteiger partial charge on any atom is -0.496 e. The molecule has 1 N–H and O–H groups in total. The highest BCUT2D eigenvalue weighted by Gasteiger charge is 2.45. The molecule has 1 aromatic rings. The third-order valence-electron chi connectivity index (χ3n) is 5.11. The van der Waals surface area contributed by atoms with Crippen LogP contribution >= 0.6 is 0 Å². The van der Waals surface area contributed by atoms with Crippen LogP contribution in [-0.2, 0) is 27.4 Å². The number of fused-ring (bicyclic) bond motifs is 1. The van der Waals surface area contributed by atoms with E-state index in [1.165, 1.54) is 14.0 Å². The smallest absolute Gasteiger partial charge is 0.471 e. The number of amides is 1. The first kappa shape index (κ1) is 24.2. The summed E-state index contributed by atoms with van der Waals surface area (Å²) in [6.45, 7) is 4.27. The van der Waals surface area contributed by atoms with Crippen molar-refractivity contribution in [3.63, 3.8) is 0 Å². The van der Waals surface area contributed by atoms with Crippen molar-refractivity contribution >= 4 is 23.5 Å². The third kappa shape index (κ3) is 5.00. The van der Waals surface area contributed by atoms with E-state index in [0.717, 1.165) is 0 Å². The zero-order valence-corrected chi connectivity index (χ0v) is 17.7. The Balaban J connectivity index is 2.72. The Hall–Kier alpha value is -3.04. The second-order valence-corrected chi connectivity index (χ2v) is 7.11. The predicted molar refractivity (Wildman–Crippen MR) is 105 cm³/mol. The van der Waals surface area contributed by atoms with Gasteiger partial charge in [0.2, 0.25) is 0 Å². The molecule has 0 saturated carbocycles. The summed E-state index contributed by atoms with van der Waals surface area (Å²) in [5.41, 5.74) is 1.57. The Labute approximate surface area is 177 Å². The van der Waals surface area contributed by atoms with Crippen molar-refractivity contribution in [2.24, 2.45) is 0 Å². The minimum atomic E-state index is -5.14. The number of carboxylic acids is 1. The molecule has 7 nitrogen and oxygen atoms in total. The molecule has 10 heteroatoms. The van der Waals surface area contributed by atoms with E-state index in [4.69, 9.17) is 14.6 Å². The number of carbonyl (C=O) groups excluding carboxylic acids is 2. The fraction of sp³-hybridized carbons (Fsp3) is 0.476. The number of halogens is 3. The number of aliphatic carboxylic acids is 1. The van der Waals surface area contributed by atoms with Crippen LogP contribution in [0.5, 0.6) is 5.75 Å². The lowest BCUT2D eigenvalue weighted by Crippen LogP contribution is -2.42. The molecular formula is C21H24F3NO6. The maximum atomic E-state index is 13.3. The number of alkyl halides is 3. The molecule has 1 aromatic carbocycles. The lowest BCUT2D eigenvalue weighted by molar-refractivity contribution is -0.170. The molecule has 1 aliphatic rings. The lowest BCUT2D eigenvalue weighted by Gasteiger charge is -2.28. The summed E-state index contributed by atoms with van der Waals surface area (Å²) in [5, 5.41) is 8.84. The van der Waals surface area contributed by atoms with Gasteiger partial charge in [0, 0.05) is 24.1 Å². The SMILES string of the molecule is CCN(C(=O)C(F)(F)F)c1c(CC=C(C)CCC(=O)O)c(OC)c(C)c2c1C(=O)OC2. The summed E-state index contributed by atoms with van der Waals surface area (Å²) in [7, 11) is 1.35. The second-order valence-electron chi connectivity index (χ2n) is 7.11. The first-order valence-electron chi connectivity index (χ1n) is 9.59. The van der Waals surface area contributed by atoms with Gasteiger partial charge in [-0.2, -0.15) is 13.2 Å². The van der Waals surface area contributed by atoms with Crippen LogP contribution in [0.1, 0.15) is 53.7 Å². The van der Waals surface area contributed by atoms with Gasteiger partial charge >= 0.3 is 24.0 Å². The highest BCUT2D eigenvalue weighted by atomic mass is 19.4. The molecule has 1 heterocycles. The molecule has 0 bridgehead atoms. The molecule has 0 fully saturated rings. The van der Waals surface area contributed by atoms with Crippen molar-refractivity contribution in [1.29, 1.82) is 0 Å². The van der Waals surface area contributed by atoms with Crippen LogP contribution in [0.3, 0.4) is 0 Å². The Kier molecular flexibility index (Phi) is 7.35. The average molecular weight is 443 g/mol. The van der Waals surface area contributed by atoms with E-state index < -0.39 is 24.0 Å². The van der Waals surface area contributed by atoms with E-state index in [9.17, 15) is 27.6 Å². The molecule has 0 spiro atoms. The van der Waals surface area contributed by atoms with Crippen LogP contribution in [0.4, 0.5) is 18.9 Å². The molecule has 0 radical (unpaired) electrons. The summed E-state index contributed by atoms with van der Waals surface area (Å²) in [6, 6.07) is 0. The molecule has 2 rings (SSSR count). The third-order valence-corrected chi connectivity index (χ3v) is 5.11. The van der Waals surface area contributed by atoms with Gasteiger partial charge in [-0.05, 0) is 39.2 Å². The summed E-state index contributed by atoms with van der Waals surface area (Å²) in [4.78, 5) is 35.9. The fourth-order valence-electron chi connectivity index (χ4n) is 3.56. The first-order valence-corrected chi connectivity index (χ1v) is 9.59. The lowest BCUT2D eigenvalue weighted by atomic mass is 9.92. The molecule has 0 unspecified atom stereocenters. The number of ether oxygens (including phenoxy) is 2. The highest BCUT2D eigenvalue weighted by Crippen LogP contribution is 2.44. The van der Waals surface area contributed by atoms with Crippen LogP contribution < -0.4 is 9.64 Å². The maximum Gasteiger partial charge on any atom is 0.471 e. The number of cyclic esters (lactones) is 1. The Morgan fingerprint density at radius 2 is 1.94 bits per heavy atom. The van der Waals surface area contributed by atoms with Gasteiger partial charge in [0.05, 0.1) is 18.4 Å². The largest absolute Gasteiger partial charge is 0.496 e. The van der Waals surface area contributed by atoms with Crippen LogP contribution in [0.25, 0.3) is 0 Å². The van der Waals surface area contributed by atoms with Gasteiger partial charge in [-0.1, -0.05) is 11.6 Å². The van der Waals surface area contributed by atoms with Gasteiger partial charge in [0.15, 0.2) is 0 Å². The molecule has 0 atom stereocenters. The van der Waals surface area contributed by atoms with E-state index in [1.807, 2.05) is 0 Å². The number of nitrogens with zero attached hydrogens (tertiary/aromatic N) is 1. The second kappa shape index (κ2) is 9.40. The van der Waals surface area contributed by atoms with Gasteiger partial charge in [0.1, 0.15) is 12.4 Å². The van der Waals surface area contributed by atoms with Crippen molar-refractivity contribution < 1.29 is 42.1 Å². The number of methoxy groups -OCH3 is 1. The van der Waals surface area contributed by atoms with Gasteiger partial charge in [-0.3, -0.25) is 9.59 Å². The van der Waals surface area contributed by atoms with E-state index in [0.29, 0.717) is 21.6 Å². The van der Waals surface area contributed by atoms with Gasteiger partial charge < -0.3 is 19.5 Å². The quantitative estimate of drug-likeness (QED) is 0.483. The monoisotopic (exact) mass is 443 g/mol. The van der Waals surface area contributed by atoms with E-state index >= 15 is 0 Å². The van der Waals surface area contributed by atoms with Crippen molar-refractivity contribution in [3.8, 4) is 5.75 Å². The highest BCUT2D eigenvalue weighted by molar-refractivity contribution is 6.08. The van der Waals surface area contributed by atoms with E-state index in [1.54, 1.807) is 19.9 Å². The number of esters is 1. The minimum absolute atomic E-state index is 0.0347. The number of hydrogen-bond acceptors (Lipinski definition) is 5. The molecule has 1 amide bonds. The molecule has 31 heavy (non-hydrogen) atoms. The first-order chi connectivity index (χ1) is 14.4. The van der Waals surface area contributed by atoms with E-state index in [2.05, 4.69) is 0 Å². The van der Waals surface area contributed by atoms with Crippen molar-refractivity contribution in [3.05, 3.63) is 33.9 Å². The number of hydrogen-bond donors (Lipinski definition) is 1. The molecule has 170 valence electrons. The molecule has 0 saturated heterocycles. The Morgan fingerprint density at radius 1 is 1.29 bits per heavy atom. The number of rotatable bonds is 8. The predicted octanol–water partition coefficient (Wildman–Crippen LogP) is 3.94. The topological polar surface area (TPSA) is 93.1 Å². The zero-order valence-electron chi connectivity index (χ0n) is 17.7. The average Bonchev–Trinajstić information content (AvgIpc) is 3.07. The molecular weight excluding hydrogens is 419 g/mol. The Bertz CT molecular complexity index is 936. The number of anilines is 1. The van der Waals surface area contributed by atoms with E-state index in [-0.39, 0.29) is 55.0 Å². The normalized spacial score (nSPS) is 13.6. The van der Waals surface area contributed by atoms with Crippen molar-refractivity contribution in [1.82, 2.24) is 0 Å². The van der Waals surface area contributed by atoms with Crippen molar-refractivity contribution in [2.75, 3.05) is 18.6 Å². The zero-order chi connectivity index (χ0) is 23.5. The number of carboxylic acid groups (broad SMARTS) is 1. The number of benzene rings is 1. The van der Waals surface area contributed by atoms with Crippen LogP contribution in [-0.4, -0.2) is 42.8 Å². The van der Waals surface area contributed by atoms with Crippen molar-refractivity contribution in [2.45, 2.75) is 52.8 Å². The molecule has 0 aromatic heterocycles. The summed E-state index contributed by atoms with van der Waals surface area (Å²) in [6.07, 6.45) is -3.31. The molecule has 0 aliphatic carbocycles. The maximum absolute atomic E-state index is 13.3. The van der Waals surface area contributed by atoms with Gasteiger partial charge in [-0.15, -0.1) is 0 Å². The number of allylic oxidation sites excluding steroid dienone is 2. The molecule has 1 aliphatic heterocycles. The summed E-state index contributed by atoms with van der Waals surface area (Å²) >= 11 is 0. The fourth-order valence-corrected chi connectivity index (χ4v) is 3.56.